The van der Waals surface area contributed by atoms with E-state index in [1.165, 1.54) is 0 Å². The molecule has 0 N–H and O–H groups in total. The average Bonchev–Trinajstić information content (AvgIpc) is 2.99. The van der Waals surface area contributed by atoms with Crippen LogP contribution in [-0.2, 0) is 4.79 Å². The molecule has 1 aliphatic heterocycles. The largest absolute Gasteiger partial charge is 0.324 e. The number of benzene rings is 2. The lowest BCUT2D eigenvalue weighted by molar-refractivity contribution is -0.127. The predicted octanol–water partition coefficient (Wildman–Crippen LogP) is 3.88. The van der Waals surface area contributed by atoms with Gasteiger partial charge in [0, 0.05) is 29.2 Å². The molecule has 3 rings (SSSR count). The minimum atomic E-state index is -0.143. The van der Waals surface area contributed by atoms with Crippen molar-refractivity contribution in [3.63, 3.8) is 0 Å². The third-order valence-electron chi connectivity index (χ3n) is 4.17. The van der Waals surface area contributed by atoms with E-state index in [9.17, 15) is 9.59 Å². The zero-order valence-corrected chi connectivity index (χ0v) is 14.3. The fraction of sp³-hybridized carbons (Fsp3) is 0.263. The number of hydrogen-bond donors (Lipinski definition) is 0. The zero-order chi connectivity index (χ0) is 17.1. The van der Waals surface area contributed by atoms with Crippen molar-refractivity contribution in [2.75, 3.05) is 18.1 Å². The highest BCUT2D eigenvalue weighted by Gasteiger charge is 2.26. The van der Waals surface area contributed by atoms with E-state index in [0.717, 1.165) is 17.7 Å². The Kier molecular flexibility index (Phi) is 4.86. The molecule has 2 aromatic carbocycles. The molecule has 1 heterocycles. The Morgan fingerprint density at radius 3 is 2.38 bits per heavy atom. The van der Waals surface area contributed by atoms with Crippen LogP contribution in [0.25, 0.3) is 0 Å². The van der Waals surface area contributed by atoms with Crippen LogP contribution in [0.1, 0.15) is 28.8 Å². The monoisotopic (exact) mass is 342 g/mol. The molecule has 0 aromatic heterocycles. The summed E-state index contributed by atoms with van der Waals surface area (Å²) in [4.78, 5) is 28.3. The highest BCUT2D eigenvalue weighted by atomic mass is 35.5. The molecular formula is C19H19ClN2O2. The van der Waals surface area contributed by atoms with Crippen molar-refractivity contribution in [3.05, 3.63) is 64.7 Å². The van der Waals surface area contributed by atoms with E-state index in [0.29, 0.717) is 23.6 Å². The topological polar surface area (TPSA) is 40.6 Å². The smallest absolute Gasteiger partial charge is 0.259 e. The van der Waals surface area contributed by atoms with Crippen molar-refractivity contribution in [1.29, 1.82) is 0 Å². The molecule has 0 radical (unpaired) electrons. The first-order valence-corrected chi connectivity index (χ1v) is 8.34. The molecule has 1 saturated heterocycles. The van der Waals surface area contributed by atoms with Gasteiger partial charge in [-0.1, -0.05) is 29.3 Å². The van der Waals surface area contributed by atoms with Crippen LogP contribution in [0.3, 0.4) is 0 Å². The molecule has 1 aliphatic rings. The summed E-state index contributed by atoms with van der Waals surface area (Å²) in [5.74, 6) is -0.0498. The third kappa shape index (κ3) is 3.60. The van der Waals surface area contributed by atoms with Crippen LogP contribution in [0.2, 0.25) is 5.02 Å². The zero-order valence-electron chi connectivity index (χ0n) is 13.5. The molecule has 0 bridgehead atoms. The van der Waals surface area contributed by atoms with Crippen molar-refractivity contribution < 1.29 is 9.59 Å². The second-order valence-corrected chi connectivity index (χ2v) is 6.41. The molecule has 4 nitrogen and oxygen atoms in total. The summed E-state index contributed by atoms with van der Waals surface area (Å²) in [6.07, 6.45) is 1.40. The quantitative estimate of drug-likeness (QED) is 0.846. The lowest BCUT2D eigenvalue weighted by Crippen LogP contribution is -2.42. The Labute approximate surface area is 146 Å². The van der Waals surface area contributed by atoms with Gasteiger partial charge < -0.3 is 4.90 Å². The minimum absolute atomic E-state index is 0.0935. The second kappa shape index (κ2) is 7.05. The van der Waals surface area contributed by atoms with Gasteiger partial charge in [-0.05, 0) is 49.7 Å². The average molecular weight is 343 g/mol. The van der Waals surface area contributed by atoms with Crippen LogP contribution in [-0.4, -0.2) is 29.9 Å². The van der Waals surface area contributed by atoms with E-state index in [-0.39, 0.29) is 18.5 Å². The number of carbonyl (C=O) groups is 2. The van der Waals surface area contributed by atoms with Gasteiger partial charge in [0.05, 0.1) is 0 Å². The van der Waals surface area contributed by atoms with Crippen LogP contribution in [0.5, 0.6) is 0 Å². The number of likely N-dealkylation sites (tertiary alicyclic amines) is 1. The molecule has 124 valence electrons. The van der Waals surface area contributed by atoms with Gasteiger partial charge in [-0.3, -0.25) is 14.5 Å². The van der Waals surface area contributed by atoms with Gasteiger partial charge in [-0.15, -0.1) is 0 Å². The molecule has 2 amide bonds. The number of aryl methyl sites for hydroxylation is 1. The lowest BCUT2D eigenvalue weighted by Gasteiger charge is -2.28. The number of halogens is 1. The van der Waals surface area contributed by atoms with Crippen molar-refractivity contribution in [2.24, 2.45) is 0 Å². The van der Waals surface area contributed by atoms with Crippen LogP contribution < -0.4 is 4.90 Å². The Morgan fingerprint density at radius 2 is 1.79 bits per heavy atom. The fourth-order valence-corrected chi connectivity index (χ4v) is 2.89. The standard InChI is InChI=1S/C19H19ClN2O2/c1-14-4-10-17(11-5-14)22(13-21-12-2-3-18(21)23)19(24)15-6-8-16(20)9-7-15/h4-11H,2-3,12-13H2,1H3. The lowest BCUT2D eigenvalue weighted by atomic mass is 10.1. The number of hydrogen-bond acceptors (Lipinski definition) is 2. The summed E-state index contributed by atoms with van der Waals surface area (Å²) < 4.78 is 0. The summed E-state index contributed by atoms with van der Waals surface area (Å²) in [5, 5.41) is 0.586. The van der Waals surface area contributed by atoms with Crippen LogP contribution in [0.15, 0.2) is 48.5 Å². The van der Waals surface area contributed by atoms with Crippen molar-refractivity contribution in [3.8, 4) is 0 Å². The highest BCUT2D eigenvalue weighted by Crippen LogP contribution is 2.21. The Bertz CT molecular complexity index is 741. The highest BCUT2D eigenvalue weighted by molar-refractivity contribution is 6.30. The van der Waals surface area contributed by atoms with Gasteiger partial charge in [-0.25, -0.2) is 0 Å². The van der Waals surface area contributed by atoms with E-state index in [1.54, 1.807) is 34.1 Å². The van der Waals surface area contributed by atoms with Crippen LogP contribution in [0.4, 0.5) is 5.69 Å². The number of anilines is 1. The van der Waals surface area contributed by atoms with Gasteiger partial charge in [0.2, 0.25) is 5.91 Å². The van der Waals surface area contributed by atoms with Gasteiger partial charge >= 0.3 is 0 Å². The number of carbonyl (C=O) groups excluding carboxylic acids is 2. The minimum Gasteiger partial charge on any atom is -0.324 e. The molecule has 2 aromatic rings. The Morgan fingerprint density at radius 1 is 1.12 bits per heavy atom. The van der Waals surface area contributed by atoms with E-state index in [2.05, 4.69) is 0 Å². The summed E-state index contributed by atoms with van der Waals surface area (Å²) in [6, 6.07) is 14.5. The van der Waals surface area contributed by atoms with Crippen LogP contribution >= 0.6 is 11.6 Å². The number of nitrogens with zero attached hydrogens (tertiary/aromatic N) is 2. The van der Waals surface area contributed by atoms with E-state index in [4.69, 9.17) is 11.6 Å². The first-order valence-electron chi connectivity index (χ1n) is 7.96. The van der Waals surface area contributed by atoms with Crippen LogP contribution in [0, 0.1) is 6.92 Å². The molecule has 5 heteroatoms. The SMILES string of the molecule is Cc1ccc(N(CN2CCCC2=O)C(=O)c2ccc(Cl)cc2)cc1. The molecular weight excluding hydrogens is 324 g/mol. The van der Waals surface area contributed by atoms with Crippen molar-refractivity contribution >= 4 is 29.1 Å². The summed E-state index contributed by atoms with van der Waals surface area (Å²) in [7, 11) is 0. The second-order valence-electron chi connectivity index (χ2n) is 5.98. The third-order valence-corrected chi connectivity index (χ3v) is 4.42. The first-order chi connectivity index (χ1) is 11.5. The molecule has 1 fully saturated rings. The normalized spacial score (nSPS) is 14.1. The van der Waals surface area contributed by atoms with Gasteiger partial charge in [0.1, 0.15) is 6.67 Å². The maximum absolute atomic E-state index is 13.0. The molecule has 0 atom stereocenters. The van der Waals surface area contributed by atoms with Crippen molar-refractivity contribution in [2.45, 2.75) is 19.8 Å². The molecule has 0 saturated carbocycles. The first kappa shape index (κ1) is 16.5. The van der Waals surface area contributed by atoms with Crippen molar-refractivity contribution in [1.82, 2.24) is 4.90 Å². The Balaban J connectivity index is 1.91. The fourth-order valence-electron chi connectivity index (χ4n) is 2.76. The van der Waals surface area contributed by atoms with Gasteiger partial charge in [0.25, 0.3) is 5.91 Å². The number of rotatable bonds is 4. The van der Waals surface area contributed by atoms with Gasteiger partial charge in [0.15, 0.2) is 0 Å². The maximum Gasteiger partial charge on any atom is 0.259 e. The summed E-state index contributed by atoms with van der Waals surface area (Å²) in [6.45, 7) is 2.96. The summed E-state index contributed by atoms with van der Waals surface area (Å²) in [5.41, 5.74) is 2.45. The maximum atomic E-state index is 13.0. The van der Waals surface area contributed by atoms with Gasteiger partial charge in [-0.2, -0.15) is 0 Å². The van der Waals surface area contributed by atoms with E-state index < -0.39 is 0 Å². The molecule has 24 heavy (non-hydrogen) atoms. The Hall–Kier alpha value is -2.33. The molecule has 0 unspecified atom stereocenters. The predicted molar refractivity (Wildman–Crippen MR) is 95.3 cm³/mol. The molecule has 0 aliphatic carbocycles. The summed E-state index contributed by atoms with van der Waals surface area (Å²) >= 11 is 5.91. The number of amides is 2. The molecule has 0 spiro atoms. The van der Waals surface area contributed by atoms with E-state index in [1.807, 2.05) is 31.2 Å². The van der Waals surface area contributed by atoms with E-state index >= 15 is 0 Å².